The zero-order valence-corrected chi connectivity index (χ0v) is 15.7. The van der Waals surface area contributed by atoms with Crippen LogP contribution in [0.5, 0.6) is 0 Å². The molecule has 0 amide bonds. The first-order chi connectivity index (χ1) is 13.2. The molecule has 2 aromatic carbocycles. The highest BCUT2D eigenvalue weighted by molar-refractivity contribution is 7.15. The fourth-order valence-corrected chi connectivity index (χ4v) is 4.32. The smallest absolute Gasteiger partial charge is 0.208 e. The third kappa shape index (κ3) is 4.22. The van der Waals surface area contributed by atoms with Crippen molar-refractivity contribution in [3.8, 4) is 0 Å². The maximum absolute atomic E-state index is 13.0. The molecule has 0 N–H and O–H groups in total. The highest BCUT2D eigenvalue weighted by atomic mass is 32.1. The number of Topliss-reactive ketones (excluding diaryl/α,β-unsaturated/α-hetero) is 1. The zero-order chi connectivity index (χ0) is 18.6. The molecule has 4 nitrogen and oxygen atoms in total. The first kappa shape index (κ1) is 17.8. The van der Waals surface area contributed by atoms with Gasteiger partial charge in [0.25, 0.3) is 0 Å². The molecule has 1 aliphatic heterocycles. The van der Waals surface area contributed by atoms with Gasteiger partial charge in [-0.25, -0.2) is 4.39 Å². The number of halogens is 1. The van der Waals surface area contributed by atoms with E-state index in [9.17, 15) is 9.18 Å². The summed E-state index contributed by atoms with van der Waals surface area (Å²) in [5.41, 5.74) is 1.82. The molecule has 4 rings (SSSR count). The van der Waals surface area contributed by atoms with E-state index in [2.05, 4.69) is 15.1 Å². The molecule has 0 unspecified atom stereocenters. The van der Waals surface area contributed by atoms with Crippen LogP contribution in [0.25, 0.3) is 0 Å². The van der Waals surface area contributed by atoms with Crippen molar-refractivity contribution in [2.24, 2.45) is 5.92 Å². The number of piperidine rings is 1. The average Bonchev–Trinajstić information content (AvgIpc) is 3.18. The van der Waals surface area contributed by atoms with Crippen molar-refractivity contribution in [1.82, 2.24) is 10.2 Å². The third-order valence-electron chi connectivity index (χ3n) is 4.92. The van der Waals surface area contributed by atoms with Gasteiger partial charge in [0.05, 0.1) is 0 Å². The van der Waals surface area contributed by atoms with Crippen LogP contribution in [0.3, 0.4) is 0 Å². The minimum atomic E-state index is -0.232. The van der Waals surface area contributed by atoms with Gasteiger partial charge in [-0.1, -0.05) is 53.8 Å². The maximum atomic E-state index is 13.0. The van der Waals surface area contributed by atoms with Gasteiger partial charge >= 0.3 is 0 Å². The van der Waals surface area contributed by atoms with E-state index in [-0.39, 0.29) is 17.5 Å². The molecule has 3 aromatic rings. The highest BCUT2D eigenvalue weighted by Gasteiger charge is 2.27. The second-order valence-electron chi connectivity index (χ2n) is 6.77. The van der Waals surface area contributed by atoms with Gasteiger partial charge in [0, 0.05) is 31.0 Å². The number of anilines is 1. The van der Waals surface area contributed by atoms with E-state index in [1.807, 2.05) is 30.3 Å². The second-order valence-corrected chi connectivity index (χ2v) is 7.81. The summed E-state index contributed by atoms with van der Waals surface area (Å²) in [6.45, 7) is 1.63. The Hall–Kier alpha value is -2.60. The van der Waals surface area contributed by atoms with Gasteiger partial charge in [0.1, 0.15) is 10.8 Å². The summed E-state index contributed by atoms with van der Waals surface area (Å²) in [7, 11) is 0. The van der Waals surface area contributed by atoms with Gasteiger partial charge in [-0.3, -0.25) is 4.79 Å². The number of carbonyl (C=O) groups excluding carboxylic acids is 1. The summed E-state index contributed by atoms with van der Waals surface area (Å²) in [6, 6.07) is 16.0. The number of hydrogen-bond donors (Lipinski definition) is 0. The predicted molar refractivity (Wildman–Crippen MR) is 105 cm³/mol. The summed E-state index contributed by atoms with van der Waals surface area (Å²) in [5, 5.41) is 10.4. The van der Waals surface area contributed by atoms with E-state index in [0.29, 0.717) is 6.42 Å². The SMILES string of the molecule is O=C(c1ccccc1)C1CCN(c2nnc(Cc3ccc(F)cc3)s2)CC1. The lowest BCUT2D eigenvalue weighted by atomic mass is 9.89. The van der Waals surface area contributed by atoms with Crippen LogP contribution >= 0.6 is 11.3 Å². The van der Waals surface area contributed by atoms with E-state index in [1.54, 1.807) is 23.5 Å². The highest BCUT2D eigenvalue weighted by Crippen LogP contribution is 2.28. The monoisotopic (exact) mass is 381 g/mol. The normalized spacial score (nSPS) is 15.1. The van der Waals surface area contributed by atoms with Crippen molar-refractivity contribution >= 4 is 22.3 Å². The minimum Gasteiger partial charge on any atom is -0.347 e. The van der Waals surface area contributed by atoms with Crippen molar-refractivity contribution in [3.05, 3.63) is 76.5 Å². The zero-order valence-electron chi connectivity index (χ0n) is 14.8. The van der Waals surface area contributed by atoms with Crippen LogP contribution in [0.15, 0.2) is 54.6 Å². The molecule has 138 valence electrons. The predicted octanol–water partition coefficient (Wildman–Crippen LogP) is 4.37. The Morgan fingerprint density at radius 1 is 1.04 bits per heavy atom. The van der Waals surface area contributed by atoms with E-state index in [1.165, 1.54) is 12.1 Å². The van der Waals surface area contributed by atoms with Crippen molar-refractivity contribution in [2.45, 2.75) is 19.3 Å². The molecule has 2 heterocycles. The standard InChI is InChI=1S/C21H20FN3OS/c22-18-8-6-15(7-9-18)14-19-23-24-21(27-19)25-12-10-17(11-13-25)20(26)16-4-2-1-3-5-16/h1-9,17H,10-14H2. The molecule has 1 aliphatic rings. The lowest BCUT2D eigenvalue weighted by molar-refractivity contribution is 0.0900. The van der Waals surface area contributed by atoms with E-state index in [4.69, 9.17) is 0 Å². The van der Waals surface area contributed by atoms with Crippen molar-refractivity contribution in [2.75, 3.05) is 18.0 Å². The maximum Gasteiger partial charge on any atom is 0.208 e. The van der Waals surface area contributed by atoms with Gasteiger partial charge in [0.15, 0.2) is 5.78 Å². The molecular weight excluding hydrogens is 361 g/mol. The molecule has 1 saturated heterocycles. The number of benzene rings is 2. The van der Waals surface area contributed by atoms with Crippen LogP contribution in [-0.4, -0.2) is 29.1 Å². The molecular formula is C21H20FN3OS. The average molecular weight is 381 g/mol. The topological polar surface area (TPSA) is 46.1 Å². The Labute approximate surface area is 161 Å². The van der Waals surface area contributed by atoms with Gasteiger partial charge in [-0.05, 0) is 30.5 Å². The van der Waals surface area contributed by atoms with Gasteiger partial charge < -0.3 is 4.90 Å². The fraction of sp³-hybridized carbons (Fsp3) is 0.286. The number of aromatic nitrogens is 2. The third-order valence-corrected chi connectivity index (χ3v) is 5.90. The lowest BCUT2D eigenvalue weighted by Gasteiger charge is -2.30. The fourth-order valence-electron chi connectivity index (χ4n) is 3.39. The number of rotatable bonds is 5. The van der Waals surface area contributed by atoms with Crippen LogP contribution < -0.4 is 4.90 Å². The van der Waals surface area contributed by atoms with E-state index < -0.39 is 0 Å². The Morgan fingerprint density at radius 2 is 1.74 bits per heavy atom. The van der Waals surface area contributed by atoms with Crippen LogP contribution in [0.2, 0.25) is 0 Å². The summed E-state index contributed by atoms with van der Waals surface area (Å²) in [6.07, 6.45) is 2.32. The molecule has 6 heteroatoms. The van der Waals surface area contributed by atoms with Crippen molar-refractivity contribution < 1.29 is 9.18 Å². The van der Waals surface area contributed by atoms with Crippen LogP contribution in [0.1, 0.15) is 33.8 Å². The van der Waals surface area contributed by atoms with Gasteiger partial charge in [-0.2, -0.15) is 0 Å². The minimum absolute atomic E-state index is 0.0789. The Kier molecular flexibility index (Phi) is 5.25. The molecule has 27 heavy (non-hydrogen) atoms. The quantitative estimate of drug-likeness (QED) is 0.616. The van der Waals surface area contributed by atoms with Crippen LogP contribution in [-0.2, 0) is 6.42 Å². The largest absolute Gasteiger partial charge is 0.347 e. The number of carbonyl (C=O) groups is 1. The van der Waals surface area contributed by atoms with Gasteiger partial charge in [-0.15, -0.1) is 10.2 Å². The first-order valence-electron chi connectivity index (χ1n) is 9.10. The summed E-state index contributed by atoms with van der Waals surface area (Å²) in [5.74, 6) is 0.0874. The van der Waals surface area contributed by atoms with E-state index in [0.717, 1.165) is 47.2 Å². The Morgan fingerprint density at radius 3 is 2.44 bits per heavy atom. The van der Waals surface area contributed by atoms with Gasteiger partial charge in [0.2, 0.25) is 5.13 Å². The molecule has 1 aromatic heterocycles. The Balaban J connectivity index is 1.35. The molecule has 0 spiro atoms. The molecule has 1 fully saturated rings. The van der Waals surface area contributed by atoms with Crippen LogP contribution in [0, 0.1) is 11.7 Å². The molecule has 0 aliphatic carbocycles. The Bertz CT molecular complexity index is 903. The molecule has 0 bridgehead atoms. The molecule has 0 radical (unpaired) electrons. The molecule has 0 atom stereocenters. The summed E-state index contributed by atoms with van der Waals surface area (Å²) < 4.78 is 13.0. The number of hydrogen-bond acceptors (Lipinski definition) is 5. The first-order valence-corrected chi connectivity index (χ1v) is 9.92. The van der Waals surface area contributed by atoms with Crippen molar-refractivity contribution in [1.29, 1.82) is 0 Å². The number of ketones is 1. The second kappa shape index (κ2) is 7.96. The number of nitrogens with zero attached hydrogens (tertiary/aromatic N) is 3. The summed E-state index contributed by atoms with van der Waals surface area (Å²) >= 11 is 1.57. The van der Waals surface area contributed by atoms with Crippen molar-refractivity contribution in [3.63, 3.8) is 0 Å². The lowest BCUT2D eigenvalue weighted by Crippen LogP contribution is -2.36. The van der Waals surface area contributed by atoms with Crippen LogP contribution in [0.4, 0.5) is 9.52 Å². The molecule has 0 saturated carbocycles. The van der Waals surface area contributed by atoms with E-state index >= 15 is 0 Å². The summed E-state index contributed by atoms with van der Waals surface area (Å²) in [4.78, 5) is 14.8.